The molecule has 0 N–H and O–H groups in total. The number of rotatable bonds is 10. The van der Waals surface area contributed by atoms with Gasteiger partial charge in [0.2, 0.25) is 0 Å². The Labute approximate surface area is 191 Å². The van der Waals surface area contributed by atoms with Crippen molar-refractivity contribution in [3.05, 3.63) is 47.5 Å². The number of ether oxygens (including phenoxy) is 1. The Morgan fingerprint density at radius 2 is 1.58 bits per heavy atom. The summed E-state index contributed by atoms with van der Waals surface area (Å²) in [6.45, 7) is 2.28. The van der Waals surface area contributed by atoms with Gasteiger partial charge in [-0.2, -0.15) is 5.26 Å². The first-order valence-corrected chi connectivity index (χ1v) is 12.9. The van der Waals surface area contributed by atoms with Crippen molar-refractivity contribution >= 4 is 0 Å². The number of unbranched alkanes of at least 4 members (excludes halogenated alkanes) is 4. The number of benzene rings is 1. The first-order chi connectivity index (χ1) is 15.2. The van der Waals surface area contributed by atoms with E-state index in [-0.39, 0.29) is 5.60 Å². The van der Waals surface area contributed by atoms with Crippen LogP contribution in [0.5, 0.6) is 0 Å². The van der Waals surface area contributed by atoms with E-state index in [0.717, 1.165) is 30.6 Å². The molecule has 0 unspecified atom stereocenters. The normalized spacial score (nSPS) is 29.1. The Morgan fingerprint density at radius 3 is 2.19 bits per heavy atom. The van der Waals surface area contributed by atoms with E-state index >= 15 is 0 Å². The topological polar surface area (TPSA) is 33.0 Å². The van der Waals surface area contributed by atoms with Crippen LogP contribution in [-0.2, 0) is 11.2 Å². The zero-order valence-corrected chi connectivity index (χ0v) is 20.0. The molecule has 2 heteroatoms. The molecule has 0 heterocycles. The van der Waals surface area contributed by atoms with Gasteiger partial charge >= 0.3 is 0 Å². The Kier molecular flexibility index (Phi) is 9.66. The zero-order chi connectivity index (χ0) is 21.9. The Balaban J connectivity index is 1.42. The fourth-order valence-electron chi connectivity index (χ4n) is 6.04. The van der Waals surface area contributed by atoms with E-state index in [2.05, 4.69) is 37.3 Å². The van der Waals surface area contributed by atoms with Crippen LogP contribution in [0.4, 0.5) is 0 Å². The Hall–Kier alpha value is -1.59. The summed E-state index contributed by atoms with van der Waals surface area (Å²) in [5.41, 5.74) is 2.89. The number of methoxy groups -OCH3 is 1. The van der Waals surface area contributed by atoms with Gasteiger partial charge in [-0.25, -0.2) is 0 Å². The van der Waals surface area contributed by atoms with Crippen molar-refractivity contribution in [2.24, 2.45) is 11.8 Å². The van der Waals surface area contributed by atoms with Gasteiger partial charge in [0.05, 0.1) is 11.7 Å². The summed E-state index contributed by atoms with van der Waals surface area (Å²) >= 11 is 0. The number of hydrogen-bond donors (Lipinski definition) is 0. The van der Waals surface area contributed by atoms with Crippen molar-refractivity contribution in [2.75, 3.05) is 7.11 Å². The summed E-state index contributed by atoms with van der Waals surface area (Å²) in [5.74, 6) is 2.48. The molecular formula is C29H43NO. The maximum absolute atomic E-state index is 8.87. The maximum atomic E-state index is 8.87. The quantitative estimate of drug-likeness (QED) is 0.282. The number of hydrogen-bond acceptors (Lipinski definition) is 2. The molecule has 2 aliphatic rings. The van der Waals surface area contributed by atoms with Crippen LogP contribution in [-0.4, -0.2) is 12.7 Å². The summed E-state index contributed by atoms with van der Waals surface area (Å²) < 4.78 is 5.80. The fraction of sp³-hybridized carbons (Fsp3) is 0.690. The second kappa shape index (κ2) is 12.4. The van der Waals surface area contributed by atoms with E-state index in [4.69, 9.17) is 10.00 Å². The summed E-state index contributed by atoms with van der Waals surface area (Å²) in [6, 6.07) is 11.7. The highest BCUT2D eigenvalue weighted by Gasteiger charge is 2.37. The number of nitriles is 1. The molecule has 0 bridgehead atoms. The van der Waals surface area contributed by atoms with E-state index in [1.807, 2.05) is 6.08 Å². The van der Waals surface area contributed by atoms with E-state index in [9.17, 15) is 0 Å². The average molecular weight is 422 g/mol. The van der Waals surface area contributed by atoms with Crippen molar-refractivity contribution in [3.63, 3.8) is 0 Å². The molecule has 0 radical (unpaired) electrons. The summed E-state index contributed by atoms with van der Waals surface area (Å²) in [6.07, 6.45) is 21.7. The van der Waals surface area contributed by atoms with Crippen LogP contribution in [0, 0.1) is 23.2 Å². The van der Waals surface area contributed by atoms with Crippen LogP contribution < -0.4 is 0 Å². The van der Waals surface area contributed by atoms with Crippen LogP contribution in [0.1, 0.15) is 107 Å². The molecule has 2 nitrogen and oxygen atoms in total. The summed E-state index contributed by atoms with van der Waals surface area (Å²) in [4.78, 5) is 0. The SMILES string of the molecule is CCCCCCCc1ccc(C2CCC(C3CCC(C=CC#N)(OC)CC3)CC2)cc1. The van der Waals surface area contributed by atoms with Crippen LogP contribution in [0.15, 0.2) is 36.4 Å². The molecule has 3 rings (SSSR count). The minimum Gasteiger partial charge on any atom is -0.374 e. The molecule has 0 atom stereocenters. The van der Waals surface area contributed by atoms with Crippen LogP contribution in [0.3, 0.4) is 0 Å². The van der Waals surface area contributed by atoms with Crippen molar-refractivity contribution in [2.45, 2.75) is 108 Å². The Bertz CT molecular complexity index is 697. The van der Waals surface area contributed by atoms with Gasteiger partial charge in [-0.1, -0.05) is 56.9 Å². The fourth-order valence-corrected chi connectivity index (χ4v) is 6.04. The smallest absolute Gasteiger partial charge is 0.0909 e. The zero-order valence-electron chi connectivity index (χ0n) is 20.0. The van der Waals surface area contributed by atoms with E-state index in [1.165, 1.54) is 82.6 Å². The predicted molar refractivity (Wildman–Crippen MR) is 130 cm³/mol. The molecule has 1 aromatic carbocycles. The monoisotopic (exact) mass is 421 g/mol. The van der Waals surface area contributed by atoms with Gasteiger partial charge < -0.3 is 4.74 Å². The van der Waals surface area contributed by atoms with E-state index in [1.54, 1.807) is 18.7 Å². The standard InChI is InChI=1S/C29H43NO/c1-3-4-5-6-7-9-24-10-12-25(13-11-24)26-14-16-27(17-15-26)28-18-21-29(31-2,22-19-28)20-8-23-30/h8,10-13,20,26-28H,3-7,9,14-19,21-22H2,1-2H3. The van der Waals surface area contributed by atoms with Gasteiger partial charge in [0, 0.05) is 13.2 Å². The number of allylic oxidation sites excluding steroid dienone is 1. The van der Waals surface area contributed by atoms with Gasteiger partial charge in [-0.3, -0.25) is 0 Å². The first-order valence-electron chi connectivity index (χ1n) is 12.9. The minimum absolute atomic E-state index is 0.193. The van der Waals surface area contributed by atoms with Crippen molar-refractivity contribution in [1.29, 1.82) is 5.26 Å². The molecule has 0 aromatic heterocycles. The molecular weight excluding hydrogens is 378 g/mol. The van der Waals surface area contributed by atoms with Crippen LogP contribution in [0.2, 0.25) is 0 Å². The lowest BCUT2D eigenvalue weighted by atomic mass is 9.67. The second-order valence-electron chi connectivity index (χ2n) is 10.1. The third kappa shape index (κ3) is 6.95. The van der Waals surface area contributed by atoms with Crippen molar-refractivity contribution in [1.82, 2.24) is 0 Å². The van der Waals surface area contributed by atoms with E-state index < -0.39 is 0 Å². The number of nitrogens with zero attached hydrogens (tertiary/aromatic N) is 1. The lowest BCUT2D eigenvalue weighted by Gasteiger charge is -2.41. The lowest BCUT2D eigenvalue weighted by Crippen LogP contribution is -2.36. The molecule has 1 aromatic rings. The van der Waals surface area contributed by atoms with Gasteiger partial charge in [0.1, 0.15) is 0 Å². The van der Waals surface area contributed by atoms with Crippen molar-refractivity contribution < 1.29 is 4.74 Å². The number of aryl methyl sites for hydroxylation is 1. The van der Waals surface area contributed by atoms with Gasteiger partial charge in [0.15, 0.2) is 0 Å². The molecule has 0 spiro atoms. The molecule has 2 saturated carbocycles. The highest BCUT2D eigenvalue weighted by atomic mass is 16.5. The molecule has 170 valence electrons. The molecule has 0 amide bonds. The summed E-state index contributed by atoms with van der Waals surface area (Å²) in [5, 5.41) is 8.87. The Morgan fingerprint density at radius 1 is 0.935 bits per heavy atom. The second-order valence-corrected chi connectivity index (χ2v) is 10.1. The molecule has 0 saturated heterocycles. The average Bonchev–Trinajstić information content (AvgIpc) is 2.83. The molecule has 31 heavy (non-hydrogen) atoms. The third-order valence-corrected chi connectivity index (χ3v) is 8.20. The third-order valence-electron chi connectivity index (χ3n) is 8.20. The lowest BCUT2D eigenvalue weighted by molar-refractivity contribution is -0.0192. The van der Waals surface area contributed by atoms with Gasteiger partial charge in [-0.15, -0.1) is 0 Å². The van der Waals surface area contributed by atoms with Crippen molar-refractivity contribution in [3.8, 4) is 6.07 Å². The molecule has 0 aliphatic heterocycles. The van der Waals surface area contributed by atoms with Crippen LogP contribution in [0.25, 0.3) is 0 Å². The van der Waals surface area contributed by atoms with E-state index in [0.29, 0.717) is 0 Å². The van der Waals surface area contributed by atoms with Gasteiger partial charge in [0.25, 0.3) is 0 Å². The largest absolute Gasteiger partial charge is 0.374 e. The van der Waals surface area contributed by atoms with Crippen LogP contribution >= 0.6 is 0 Å². The highest BCUT2D eigenvalue weighted by molar-refractivity contribution is 5.26. The molecule has 2 aliphatic carbocycles. The molecule has 2 fully saturated rings. The van der Waals surface area contributed by atoms with Gasteiger partial charge in [-0.05, 0) is 99.2 Å². The minimum atomic E-state index is -0.193. The maximum Gasteiger partial charge on any atom is 0.0909 e. The predicted octanol–water partition coefficient (Wildman–Crippen LogP) is 8.13. The first kappa shape index (κ1) is 24.1. The highest BCUT2D eigenvalue weighted by Crippen LogP contribution is 2.45. The summed E-state index contributed by atoms with van der Waals surface area (Å²) in [7, 11) is 1.80.